The first kappa shape index (κ1) is 9.57. The Kier molecular flexibility index (Phi) is 3.13. The third kappa shape index (κ3) is 1.80. The predicted octanol–water partition coefficient (Wildman–Crippen LogP) is 3.95. The summed E-state index contributed by atoms with van der Waals surface area (Å²) in [6.45, 7) is 6.89. The molecule has 0 aliphatic heterocycles. The maximum Gasteiger partial charge on any atom is 0.00901 e. The standard InChI is InChI=1S/C12H20/c1-4-5-8-12(11(2)3)9-6-7-10-12/h6-7,9-11H,4-5,8H2,1-3H3. The van der Waals surface area contributed by atoms with E-state index in [9.17, 15) is 0 Å². The molecule has 0 radical (unpaired) electrons. The summed E-state index contributed by atoms with van der Waals surface area (Å²) in [6, 6.07) is 0. The van der Waals surface area contributed by atoms with Gasteiger partial charge in [0.15, 0.2) is 0 Å². The molecule has 0 atom stereocenters. The molecule has 0 nitrogen and oxygen atoms in total. The van der Waals surface area contributed by atoms with E-state index in [1.165, 1.54) is 19.3 Å². The van der Waals surface area contributed by atoms with Crippen molar-refractivity contribution in [1.82, 2.24) is 0 Å². The summed E-state index contributed by atoms with van der Waals surface area (Å²) < 4.78 is 0. The molecule has 0 bridgehead atoms. The normalized spacial score (nSPS) is 19.3. The zero-order valence-corrected chi connectivity index (χ0v) is 8.51. The van der Waals surface area contributed by atoms with E-state index in [1.54, 1.807) is 0 Å². The molecule has 0 aromatic rings. The van der Waals surface area contributed by atoms with Crippen LogP contribution in [0.15, 0.2) is 24.3 Å². The molecule has 0 unspecified atom stereocenters. The molecule has 0 aromatic carbocycles. The van der Waals surface area contributed by atoms with Crippen molar-refractivity contribution in [3.63, 3.8) is 0 Å². The minimum Gasteiger partial charge on any atom is -0.0743 e. The van der Waals surface area contributed by atoms with Gasteiger partial charge in [0.05, 0.1) is 0 Å². The van der Waals surface area contributed by atoms with Crippen LogP contribution in [0.5, 0.6) is 0 Å². The SMILES string of the molecule is CCCCC1(C(C)C)C=CC=C1. The molecule has 0 fully saturated rings. The van der Waals surface area contributed by atoms with E-state index in [0.717, 1.165) is 5.92 Å². The van der Waals surface area contributed by atoms with Crippen LogP contribution in [0.25, 0.3) is 0 Å². The summed E-state index contributed by atoms with van der Waals surface area (Å²) in [4.78, 5) is 0. The molecule has 1 aliphatic carbocycles. The Balaban J connectivity index is 2.61. The lowest BCUT2D eigenvalue weighted by Crippen LogP contribution is -2.20. The van der Waals surface area contributed by atoms with Crippen molar-refractivity contribution in [3.8, 4) is 0 Å². The molecule has 0 N–H and O–H groups in total. The van der Waals surface area contributed by atoms with Crippen LogP contribution < -0.4 is 0 Å². The van der Waals surface area contributed by atoms with Gasteiger partial charge < -0.3 is 0 Å². The van der Waals surface area contributed by atoms with E-state index in [2.05, 4.69) is 45.1 Å². The quantitative estimate of drug-likeness (QED) is 0.590. The molecule has 1 rings (SSSR count). The first-order chi connectivity index (χ1) is 5.71. The van der Waals surface area contributed by atoms with Crippen LogP contribution in [-0.4, -0.2) is 0 Å². The lowest BCUT2D eigenvalue weighted by atomic mass is 9.75. The third-order valence-electron chi connectivity index (χ3n) is 2.96. The lowest BCUT2D eigenvalue weighted by Gasteiger charge is -2.29. The van der Waals surface area contributed by atoms with Crippen molar-refractivity contribution in [2.75, 3.05) is 0 Å². The topological polar surface area (TPSA) is 0 Å². The van der Waals surface area contributed by atoms with Crippen LogP contribution in [0.2, 0.25) is 0 Å². The van der Waals surface area contributed by atoms with Crippen LogP contribution in [-0.2, 0) is 0 Å². The van der Waals surface area contributed by atoms with E-state index < -0.39 is 0 Å². The molecule has 1 aliphatic rings. The Bertz CT molecular complexity index is 172. The molecular formula is C12H20. The van der Waals surface area contributed by atoms with Crippen LogP contribution in [0, 0.1) is 11.3 Å². The average molecular weight is 164 g/mol. The van der Waals surface area contributed by atoms with Crippen molar-refractivity contribution in [1.29, 1.82) is 0 Å². The zero-order chi connectivity index (χ0) is 9.03. The van der Waals surface area contributed by atoms with Gasteiger partial charge in [-0.25, -0.2) is 0 Å². The number of allylic oxidation sites excluding steroid dienone is 4. The molecule has 0 saturated carbocycles. The van der Waals surface area contributed by atoms with E-state index >= 15 is 0 Å². The summed E-state index contributed by atoms with van der Waals surface area (Å²) in [7, 11) is 0. The maximum absolute atomic E-state index is 2.37. The Hall–Kier alpha value is -0.520. The second kappa shape index (κ2) is 3.93. The molecule has 0 spiro atoms. The molecule has 0 heteroatoms. The number of unbranched alkanes of at least 4 members (excludes halogenated alkanes) is 1. The molecule has 0 amide bonds. The lowest BCUT2D eigenvalue weighted by molar-refractivity contribution is 0.316. The van der Waals surface area contributed by atoms with Crippen LogP contribution in [0.4, 0.5) is 0 Å². The van der Waals surface area contributed by atoms with Gasteiger partial charge in [0.25, 0.3) is 0 Å². The van der Waals surface area contributed by atoms with Gasteiger partial charge in [-0.05, 0) is 12.3 Å². The zero-order valence-electron chi connectivity index (χ0n) is 8.51. The first-order valence-electron chi connectivity index (χ1n) is 5.08. The summed E-state index contributed by atoms with van der Waals surface area (Å²) in [5, 5.41) is 0. The molecular weight excluding hydrogens is 144 g/mol. The second-order valence-corrected chi connectivity index (χ2v) is 4.09. The van der Waals surface area contributed by atoms with E-state index in [-0.39, 0.29) is 0 Å². The fourth-order valence-electron chi connectivity index (χ4n) is 1.85. The van der Waals surface area contributed by atoms with Crippen LogP contribution >= 0.6 is 0 Å². The summed E-state index contributed by atoms with van der Waals surface area (Å²) >= 11 is 0. The van der Waals surface area contributed by atoms with Crippen molar-refractivity contribution < 1.29 is 0 Å². The Morgan fingerprint density at radius 1 is 1.17 bits per heavy atom. The molecule has 0 saturated heterocycles. The number of rotatable bonds is 4. The van der Waals surface area contributed by atoms with E-state index in [0.29, 0.717) is 5.41 Å². The van der Waals surface area contributed by atoms with Gasteiger partial charge in [-0.1, -0.05) is 57.9 Å². The number of hydrogen-bond donors (Lipinski definition) is 0. The highest BCUT2D eigenvalue weighted by molar-refractivity contribution is 5.25. The second-order valence-electron chi connectivity index (χ2n) is 4.09. The van der Waals surface area contributed by atoms with Crippen molar-refractivity contribution in [2.24, 2.45) is 11.3 Å². The van der Waals surface area contributed by atoms with Gasteiger partial charge in [-0.15, -0.1) is 0 Å². The highest BCUT2D eigenvalue weighted by atomic mass is 14.3. The minimum atomic E-state index is 0.385. The Morgan fingerprint density at radius 3 is 2.17 bits per heavy atom. The Morgan fingerprint density at radius 2 is 1.75 bits per heavy atom. The monoisotopic (exact) mass is 164 g/mol. The van der Waals surface area contributed by atoms with Crippen molar-refractivity contribution in [3.05, 3.63) is 24.3 Å². The minimum absolute atomic E-state index is 0.385. The summed E-state index contributed by atoms with van der Waals surface area (Å²) in [5.41, 5.74) is 0.385. The molecule has 0 heterocycles. The van der Waals surface area contributed by atoms with E-state index in [4.69, 9.17) is 0 Å². The highest BCUT2D eigenvalue weighted by Crippen LogP contribution is 2.39. The van der Waals surface area contributed by atoms with Crippen molar-refractivity contribution >= 4 is 0 Å². The Labute approximate surface area is 76.4 Å². The van der Waals surface area contributed by atoms with Gasteiger partial charge in [-0.3, -0.25) is 0 Å². The predicted molar refractivity (Wildman–Crippen MR) is 55.1 cm³/mol. The average Bonchev–Trinajstić information content (AvgIpc) is 2.50. The smallest absolute Gasteiger partial charge is 0.00901 e. The largest absolute Gasteiger partial charge is 0.0743 e. The summed E-state index contributed by atoms with van der Waals surface area (Å²) in [6.07, 6.45) is 13.1. The third-order valence-corrected chi connectivity index (χ3v) is 2.96. The fraction of sp³-hybridized carbons (Fsp3) is 0.667. The van der Waals surface area contributed by atoms with Gasteiger partial charge >= 0.3 is 0 Å². The molecule has 68 valence electrons. The molecule has 0 aromatic heterocycles. The van der Waals surface area contributed by atoms with Crippen LogP contribution in [0.1, 0.15) is 40.0 Å². The fourth-order valence-corrected chi connectivity index (χ4v) is 1.85. The van der Waals surface area contributed by atoms with Crippen LogP contribution in [0.3, 0.4) is 0 Å². The van der Waals surface area contributed by atoms with Gasteiger partial charge in [-0.2, -0.15) is 0 Å². The van der Waals surface area contributed by atoms with Gasteiger partial charge in [0, 0.05) is 5.41 Å². The highest BCUT2D eigenvalue weighted by Gasteiger charge is 2.28. The van der Waals surface area contributed by atoms with Crippen molar-refractivity contribution in [2.45, 2.75) is 40.0 Å². The number of hydrogen-bond acceptors (Lipinski definition) is 0. The van der Waals surface area contributed by atoms with Gasteiger partial charge in [0.1, 0.15) is 0 Å². The maximum atomic E-state index is 2.37. The van der Waals surface area contributed by atoms with E-state index in [1.807, 2.05) is 0 Å². The summed E-state index contributed by atoms with van der Waals surface area (Å²) in [5.74, 6) is 0.735. The van der Waals surface area contributed by atoms with Gasteiger partial charge in [0.2, 0.25) is 0 Å². The molecule has 12 heavy (non-hydrogen) atoms. The first-order valence-corrected chi connectivity index (χ1v) is 5.08.